The molecule has 0 aromatic carbocycles. The molecule has 2 nitrogen and oxygen atoms in total. The summed E-state index contributed by atoms with van der Waals surface area (Å²) in [5.74, 6) is -0.245. The largest absolute Gasteiger partial charge is 0.469 e. The minimum absolute atomic E-state index is 0.245. The van der Waals surface area contributed by atoms with Crippen LogP contribution >= 0.6 is 8.58 Å². The van der Waals surface area contributed by atoms with Crippen LogP contribution in [0.2, 0.25) is 0 Å². The van der Waals surface area contributed by atoms with Crippen LogP contribution in [0.15, 0.2) is 0 Å². The van der Waals surface area contributed by atoms with Crippen LogP contribution in [0.3, 0.4) is 0 Å². The molecule has 0 saturated heterocycles. The Labute approximate surface area is 52.4 Å². The van der Waals surface area contributed by atoms with Gasteiger partial charge in [-0.05, 0) is 13.3 Å². The van der Waals surface area contributed by atoms with Crippen molar-refractivity contribution >= 4 is 14.6 Å². The average molecular weight is 136 g/mol. The molecule has 0 aromatic rings. The summed E-state index contributed by atoms with van der Waals surface area (Å²) in [6.07, 6.45) is 0. The number of hydrogen-bond donors (Lipinski definition) is 0. The predicted octanol–water partition coefficient (Wildman–Crippen LogP) is 1.10. The summed E-state index contributed by atoms with van der Waals surface area (Å²) in [5.41, 5.74) is 0. The van der Waals surface area contributed by atoms with E-state index in [2.05, 4.69) is 18.1 Å². The van der Waals surface area contributed by atoms with E-state index in [9.17, 15) is 4.79 Å². The Morgan fingerprint density at radius 1 is 1.50 bits per heavy atom. The third-order valence-electron chi connectivity index (χ3n) is 0.287. The molecular weight excluding hydrogens is 123 g/mol. The molecule has 50 valence electrons. The normalized spacial score (nSPS) is 6.50. The van der Waals surface area contributed by atoms with Gasteiger partial charge < -0.3 is 4.74 Å². The van der Waals surface area contributed by atoms with Crippen molar-refractivity contribution < 1.29 is 9.53 Å². The first-order valence-electron chi connectivity index (χ1n) is 2.32. The first-order valence-corrected chi connectivity index (χ1v) is 4.32. The van der Waals surface area contributed by atoms with Crippen LogP contribution in [0.25, 0.3) is 0 Å². The zero-order valence-corrected chi connectivity index (χ0v) is 6.82. The molecule has 0 heterocycles. The maximum Gasteiger partial charge on any atom is 0.302 e. The van der Waals surface area contributed by atoms with Crippen LogP contribution in [0.1, 0.15) is 6.92 Å². The van der Waals surface area contributed by atoms with Gasteiger partial charge in [-0.15, -0.1) is 8.58 Å². The van der Waals surface area contributed by atoms with E-state index >= 15 is 0 Å². The summed E-state index contributed by atoms with van der Waals surface area (Å²) >= 11 is 0. The molecule has 8 heavy (non-hydrogen) atoms. The van der Waals surface area contributed by atoms with Crippen molar-refractivity contribution in [1.82, 2.24) is 0 Å². The lowest BCUT2D eigenvalue weighted by Gasteiger charge is -1.80. The Kier molecular flexibility index (Phi) is 13.5. The van der Waals surface area contributed by atoms with Crippen LogP contribution in [-0.4, -0.2) is 26.4 Å². The van der Waals surface area contributed by atoms with Gasteiger partial charge in [-0.3, -0.25) is 4.79 Å². The van der Waals surface area contributed by atoms with E-state index in [1.54, 1.807) is 0 Å². The Morgan fingerprint density at radius 3 is 1.62 bits per heavy atom. The SMILES string of the molecule is COC(C)=O.CPC. The number of rotatable bonds is 0. The maximum atomic E-state index is 9.59. The molecule has 0 aromatic heterocycles. The van der Waals surface area contributed by atoms with Gasteiger partial charge >= 0.3 is 5.97 Å². The van der Waals surface area contributed by atoms with Gasteiger partial charge in [0.2, 0.25) is 0 Å². The van der Waals surface area contributed by atoms with E-state index in [0.29, 0.717) is 0 Å². The van der Waals surface area contributed by atoms with Crippen molar-refractivity contribution in [1.29, 1.82) is 0 Å². The molecule has 0 N–H and O–H groups in total. The van der Waals surface area contributed by atoms with E-state index in [4.69, 9.17) is 0 Å². The lowest BCUT2D eigenvalue weighted by Crippen LogP contribution is -1.88. The molecule has 0 atom stereocenters. The molecule has 0 amide bonds. The predicted molar refractivity (Wildman–Crippen MR) is 37.9 cm³/mol. The highest BCUT2D eigenvalue weighted by Crippen LogP contribution is 1.84. The molecule has 0 fully saturated rings. The molecule has 0 radical (unpaired) electrons. The number of hydrogen-bond acceptors (Lipinski definition) is 2. The minimum Gasteiger partial charge on any atom is -0.469 e. The zero-order valence-electron chi connectivity index (χ0n) is 5.82. The molecule has 0 aliphatic rings. The third-order valence-corrected chi connectivity index (χ3v) is 0.287. The molecule has 0 rings (SSSR count). The van der Waals surface area contributed by atoms with E-state index in [0.717, 1.165) is 8.58 Å². The van der Waals surface area contributed by atoms with Gasteiger partial charge in [0.05, 0.1) is 7.11 Å². The second kappa shape index (κ2) is 10.0. The van der Waals surface area contributed by atoms with Crippen molar-refractivity contribution in [2.45, 2.75) is 6.92 Å². The van der Waals surface area contributed by atoms with Gasteiger partial charge in [0, 0.05) is 6.92 Å². The smallest absolute Gasteiger partial charge is 0.302 e. The number of methoxy groups -OCH3 is 1. The topological polar surface area (TPSA) is 26.3 Å². The molecule has 0 aliphatic heterocycles. The van der Waals surface area contributed by atoms with Crippen molar-refractivity contribution in [3.8, 4) is 0 Å². The lowest BCUT2D eigenvalue weighted by atomic mass is 10.8. The number of carbonyl (C=O) groups is 1. The summed E-state index contributed by atoms with van der Waals surface area (Å²) in [5, 5.41) is 0. The van der Waals surface area contributed by atoms with Crippen LogP contribution in [0.4, 0.5) is 0 Å². The number of ether oxygens (including phenoxy) is 1. The lowest BCUT2D eigenvalue weighted by molar-refractivity contribution is -0.137. The molecule has 0 spiro atoms. The van der Waals surface area contributed by atoms with Crippen LogP contribution < -0.4 is 0 Å². The van der Waals surface area contributed by atoms with Gasteiger partial charge in [0.1, 0.15) is 0 Å². The van der Waals surface area contributed by atoms with Crippen LogP contribution in [0, 0.1) is 0 Å². The fourth-order valence-electron chi connectivity index (χ4n) is 0. The summed E-state index contributed by atoms with van der Waals surface area (Å²) < 4.78 is 4.11. The van der Waals surface area contributed by atoms with Gasteiger partial charge in [0.25, 0.3) is 0 Å². The van der Waals surface area contributed by atoms with Crippen molar-refractivity contribution in [2.24, 2.45) is 0 Å². The van der Waals surface area contributed by atoms with Gasteiger partial charge in [-0.1, -0.05) is 0 Å². The quantitative estimate of drug-likeness (QED) is 0.368. The third kappa shape index (κ3) is 39.2. The Hall–Kier alpha value is -0.100. The standard InChI is InChI=1S/C3H6O2.C2H7P/c1-3(4)5-2;1-3-2/h1-2H3;3H,1-2H3. The number of esters is 1. The highest BCUT2D eigenvalue weighted by Gasteiger charge is 1.75. The average Bonchev–Trinajstić information content (AvgIpc) is 1.69. The Bertz CT molecular complexity index is 54.4. The van der Waals surface area contributed by atoms with E-state index < -0.39 is 0 Å². The van der Waals surface area contributed by atoms with Gasteiger partial charge in [-0.25, -0.2) is 0 Å². The monoisotopic (exact) mass is 136 g/mol. The zero-order chi connectivity index (χ0) is 6.99. The second-order valence-electron chi connectivity index (χ2n) is 1.20. The Morgan fingerprint density at radius 2 is 1.62 bits per heavy atom. The second-order valence-corrected chi connectivity index (χ2v) is 2.20. The van der Waals surface area contributed by atoms with E-state index in [1.165, 1.54) is 14.0 Å². The van der Waals surface area contributed by atoms with Gasteiger partial charge in [0.15, 0.2) is 0 Å². The molecule has 0 aliphatic carbocycles. The van der Waals surface area contributed by atoms with Crippen molar-refractivity contribution in [3.63, 3.8) is 0 Å². The Balaban J connectivity index is 0. The number of carbonyl (C=O) groups excluding carboxylic acids is 1. The summed E-state index contributed by atoms with van der Waals surface area (Å²) in [4.78, 5) is 9.59. The fraction of sp³-hybridized carbons (Fsp3) is 0.800. The van der Waals surface area contributed by atoms with Crippen molar-refractivity contribution in [3.05, 3.63) is 0 Å². The minimum atomic E-state index is -0.245. The van der Waals surface area contributed by atoms with Crippen molar-refractivity contribution in [2.75, 3.05) is 20.4 Å². The highest BCUT2D eigenvalue weighted by atomic mass is 31.1. The summed E-state index contributed by atoms with van der Waals surface area (Å²) in [7, 11) is 2.43. The summed E-state index contributed by atoms with van der Waals surface area (Å²) in [6, 6.07) is 0. The maximum absolute atomic E-state index is 9.59. The molecule has 0 saturated carbocycles. The fourth-order valence-corrected chi connectivity index (χ4v) is 0. The molecular formula is C5H13O2P. The van der Waals surface area contributed by atoms with E-state index in [-0.39, 0.29) is 5.97 Å². The first-order chi connectivity index (χ1) is 3.68. The molecule has 0 bridgehead atoms. The highest BCUT2D eigenvalue weighted by molar-refractivity contribution is 7.35. The van der Waals surface area contributed by atoms with Crippen LogP contribution in [-0.2, 0) is 9.53 Å². The molecule has 0 unspecified atom stereocenters. The van der Waals surface area contributed by atoms with Gasteiger partial charge in [-0.2, -0.15) is 0 Å². The molecule has 3 heteroatoms. The summed E-state index contributed by atoms with van der Waals surface area (Å²) in [6.45, 7) is 5.67. The first kappa shape index (κ1) is 10.8. The van der Waals surface area contributed by atoms with E-state index in [1.807, 2.05) is 0 Å². The van der Waals surface area contributed by atoms with Crippen LogP contribution in [0.5, 0.6) is 0 Å².